The maximum atomic E-state index is 5.58. The molecule has 0 saturated carbocycles. The number of nitrogens with zero attached hydrogens (tertiary/aromatic N) is 2. The van der Waals surface area contributed by atoms with Gasteiger partial charge in [0.05, 0.1) is 12.0 Å². The molecule has 0 saturated heterocycles. The molecule has 0 unspecified atom stereocenters. The van der Waals surface area contributed by atoms with E-state index in [2.05, 4.69) is 16.5 Å². The predicted molar refractivity (Wildman–Crippen MR) is 47.0 cm³/mol. The molecule has 0 fully saturated rings. The van der Waals surface area contributed by atoms with Gasteiger partial charge in [-0.2, -0.15) is 0 Å². The third-order valence-corrected chi connectivity index (χ3v) is 2.15. The lowest BCUT2D eigenvalue weighted by atomic mass is 10.3. The van der Waals surface area contributed by atoms with E-state index in [1.165, 1.54) is 5.69 Å². The average Bonchev–Trinajstić information content (AvgIpc) is 2.31. The van der Waals surface area contributed by atoms with Crippen LogP contribution in [0, 0.1) is 13.8 Å². The van der Waals surface area contributed by atoms with E-state index in [9.17, 15) is 0 Å². The molecule has 0 aliphatic carbocycles. The molecule has 1 aromatic rings. The van der Waals surface area contributed by atoms with Gasteiger partial charge in [0.2, 0.25) is 0 Å². The number of hydrogen-bond donors (Lipinski definition) is 0. The van der Waals surface area contributed by atoms with Gasteiger partial charge in [-0.15, -0.1) is 11.6 Å². The molecule has 0 aliphatic heterocycles. The zero-order chi connectivity index (χ0) is 8.27. The third-order valence-electron chi connectivity index (χ3n) is 1.88. The highest BCUT2D eigenvalue weighted by Crippen LogP contribution is 2.04. The Balaban J connectivity index is 2.63. The molecule has 1 rings (SSSR count). The number of aryl methyl sites for hydroxylation is 2. The van der Waals surface area contributed by atoms with E-state index >= 15 is 0 Å². The first kappa shape index (κ1) is 8.60. The minimum Gasteiger partial charge on any atom is -0.335 e. The topological polar surface area (TPSA) is 17.8 Å². The summed E-state index contributed by atoms with van der Waals surface area (Å²) in [6, 6.07) is 0. The second-order valence-corrected chi connectivity index (χ2v) is 3.03. The summed E-state index contributed by atoms with van der Waals surface area (Å²) in [5, 5.41) is 0. The van der Waals surface area contributed by atoms with Gasteiger partial charge >= 0.3 is 0 Å². The highest BCUT2D eigenvalue weighted by Gasteiger charge is 1.99. The van der Waals surface area contributed by atoms with Crippen molar-refractivity contribution in [2.75, 3.05) is 5.88 Å². The molecule has 0 N–H and O–H groups in total. The molecule has 0 aromatic carbocycles. The molecule has 62 valence electrons. The van der Waals surface area contributed by atoms with Crippen molar-refractivity contribution in [1.29, 1.82) is 0 Å². The molecule has 0 bridgehead atoms. The van der Waals surface area contributed by atoms with E-state index in [1.807, 2.05) is 13.3 Å². The van der Waals surface area contributed by atoms with Crippen LogP contribution in [0.5, 0.6) is 0 Å². The van der Waals surface area contributed by atoms with Crippen molar-refractivity contribution in [1.82, 2.24) is 9.55 Å². The number of rotatable bonds is 3. The summed E-state index contributed by atoms with van der Waals surface area (Å²) in [6.07, 6.45) is 2.88. The van der Waals surface area contributed by atoms with Gasteiger partial charge in [0.15, 0.2) is 0 Å². The van der Waals surface area contributed by atoms with Crippen LogP contribution in [0.25, 0.3) is 0 Å². The number of hydrogen-bond acceptors (Lipinski definition) is 1. The van der Waals surface area contributed by atoms with Crippen LogP contribution in [0.2, 0.25) is 0 Å². The quantitative estimate of drug-likeness (QED) is 0.639. The number of aromatic nitrogens is 2. The summed E-state index contributed by atoms with van der Waals surface area (Å²) in [5.74, 6) is 0.719. The molecule has 3 heteroatoms. The number of imidazole rings is 1. The molecule has 0 amide bonds. The van der Waals surface area contributed by atoms with Gasteiger partial charge in [0, 0.05) is 18.1 Å². The van der Waals surface area contributed by atoms with E-state index in [4.69, 9.17) is 11.6 Å². The normalized spacial score (nSPS) is 10.5. The van der Waals surface area contributed by atoms with E-state index in [-0.39, 0.29) is 0 Å². The second kappa shape index (κ2) is 3.77. The van der Waals surface area contributed by atoms with Crippen molar-refractivity contribution in [3.8, 4) is 0 Å². The smallest absolute Gasteiger partial charge is 0.0951 e. The van der Waals surface area contributed by atoms with Crippen LogP contribution in [0.3, 0.4) is 0 Å². The molecule has 0 radical (unpaired) electrons. The largest absolute Gasteiger partial charge is 0.335 e. The molecule has 0 aliphatic rings. The Hall–Kier alpha value is -0.500. The van der Waals surface area contributed by atoms with Crippen LogP contribution in [0.4, 0.5) is 0 Å². The first-order valence-electron chi connectivity index (χ1n) is 3.80. The Morgan fingerprint density at radius 2 is 2.27 bits per heavy atom. The van der Waals surface area contributed by atoms with Crippen LogP contribution in [0.1, 0.15) is 17.8 Å². The molecule has 1 heterocycles. The molecular weight excluding hydrogens is 160 g/mol. The van der Waals surface area contributed by atoms with Gasteiger partial charge in [-0.25, -0.2) is 4.98 Å². The summed E-state index contributed by atoms with van der Waals surface area (Å²) in [5.41, 5.74) is 2.36. The SMILES string of the molecule is Cc1ncn(CCCCl)c1C. The van der Waals surface area contributed by atoms with Crippen molar-refractivity contribution in [2.45, 2.75) is 26.8 Å². The van der Waals surface area contributed by atoms with E-state index in [0.717, 1.165) is 24.5 Å². The van der Waals surface area contributed by atoms with E-state index in [1.54, 1.807) is 0 Å². The minimum absolute atomic E-state index is 0.719. The first-order valence-corrected chi connectivity index (χ1v) is 4.33. The van der Waals surface area contributed by atoms with Crippen molar-refractivity contribution in [2.24, 2.45) is 0 Å². The lowest BCUT2D eigenvalue weighted by Crippen LogP contribution is -1.99. The third kappa shape index (κ3) is 1.96. The molecule has 0 atom stereocenters. The van der Waals surface area contributed by atoms with Crippen LogP contribution in [-0.2, 0) is 6.54 Å². The van der Waals surface area contributed by atoms with Crippen LogP contribution in [0.15, 0.2) is 6.33 Å². The summed E-state index contributed by atoms with van der Waals surface area (Å²) in [7, 11) is 0. The summed E-state index contributed by atoms with van der Waals surface area (Å²) in [6.45, 7) is 5.08. The zero-order valence-corrected chi connectivity index (χ0v) is 7.73. The average molecular weight is 173 g/mol. The van der Waals surface area contributed by atoms with E-state index < -0.39 is 0 Å². The molecule has 11 heavy (non-hydrogen) atoms. The Kier molecular flexibility index (Phi) is 2.94. The van der Waals surface area contributed by atoms with E-state index in [0.29, 0.717) is 0 Å². The summed E-state index contributed by atoms with van der Waals surface area (Å²) < 4.78 is 2.14. The van der Waals surface area contributed by atoms with Gasteiger partial charge in [-0.3, -0.25) is 0 Å². The van der Waals surface area contributed by atoms with Crippen molar-refractivity contribution < 1.29 is 0 Å². The molecule has 2 nitrogen and oxygen atoms in total. The fourth-order valence-electron chi connectivity index (χ4n) is 1.000. The number of alkyl halides is 1. The van der Waals surface area contributed by atoms with Gasteiger partial charge in [-0.1, -0.05) is 0 Å². The standard InChI is InChI=1S/C8H13ClN2/c1-7-8(2)11(6-10-7)5-3-4-9/h6H,3-5H2,1-2H3. The van der Waals surface area contributed by atoms with Crippen molar-refractivity contribution >= 4 is 11.6 Å². The lowest BCUT2D eigenvalue weighted by Gasteiger charge is -2.02. The lowest BCUT2D eigenvalue weighted by molar-refractivity contribution is 0.664. The highest BCUT2D eigenvalue weighted by atomic mass is 35.5. The first-order chi connectivity index (χ1) is 5.25. The minimum atomic E-state index is 0.719. The second-order valence-electron chi connectivity index (χ2n) is 2.65. The molecule has 0 spiro atoms. The Morgan fingerprint density at radius 1 is 1.55 bits per heavy atom. The fourth-order valence-corrected chi connectivity index (χ4v) is 1.12. The number of halogens is 1. The van der Waals surface area contributed by atoms with Gasteiger partial charge in [0.1, 0.15) is 0 Å². The summed E-state index contributed by atoms with van der Waals surface area (Å²) in [4.78, 5) is 4.19. The fraction of sp³-hybridized carbons (Fsp3) is 0.625. The van der Waals surface area contributed by atoms with Gasteiger partial charge in [-0.05, 0) is 20.3 Å². The highest BCUT2D eigenvalue weighted by molar-refractivity contribution is 6.17. The van der Waals surface area contributed by atoms with Crippen LogP contribution < -0.4 is 0 Å². The Morgan fingerprint density at radius 3 is 2.73 bits per heavy atom. The van der Waals surface area contributed by atoms with Crippen LogP contribution >= 0.6 is 11.6 Å². The van der Waals surface area contributed by atoms with Crippen molar-refractivity contribution in [3.63, 3.8) is 0 Å². The zero-order valence-electron chi connectivity index (χ0n) is 6.97. The van der Waals surface area contributed by atoms with Crippen molar-refractivity contribution in [3.05, 3.63) is 17.7 Å². The molecule has 1 aromatic heterocycles. The Bertz CT molecular complexity index is 230. The van der Waals surface area contributed by atoms with Gasteiger partial charge in [0.25, 0.3) is 0 Å². The maximum absolute atomic E-state index is 5.58. The Labute approximate surface area is 72.2 Å². The maximum Gasteiger partial charge on any atom is 0.0951 e. The monoisotopic (exact) mass is 172 g/mol. The summed E-state index contributed by atoms with van der Waals surface area (Å²) >= 11 is 5.58. The van der Waals surface area contributed by atoms with Gasteiger partial charge < -0.3 is 4.57 Å². The molecular formula is C8H13ClN2. The van der Waals surface area contributed by atoms with Crippen LogP contribution in [-0.4, -0.2) is 15.4 Å². The predicted octanol–water partition coefficient (Wildman–Crippen LogP) is 2.13.